The highest BCUT2D eigenvalue weighted by Crippen LogP contribution is 2.29. The Bertz CT molecular complexity index is 1030. The first kappa shape index (κ1) is 18.2. The number of aromatic nitrogens is 3. The second kappa shape index (κ2) is 7.85. The average Bonchev–Trinajstić information content (AvgIpc) is 3.20. The van der Waals surface area contributed by atoms with Crippen LogP contribution in [0.4, 0.5) is 5.69 Å². The van der Waals surface area contributed by atoms with E-state index in [1.165, 1.54) is 17.3 Å². The predicted molar refractivity (Wildman–Crippen MR) is 107 cm³/mol. The lowest BCUT2D eigenvalue weighted by molar-refractivity contribution is -0.118. The number of carbonyl (C=O) groups excluding carboxylic acids is 2. The Morgan fingerprint density at radius 2 is 2.04 bits per heavy atom. The number of H-pyrrole nitrogens is 1. The van der Waals surface area contributed by atoms with Gasteiger partial charge in [-0.1, -0.05) is 43.0 Å². The maximum Gasteiger partial charge on any atom is 0.262 e. The second-order valence-corrected chi connectivity index (χ2v) is 7.22. The summed E-state index contributed by atoms with van der Waals surface area (Å²) in [6.45, 7) is 2.10. The number of fused-ring (bicyclic) bond motifs is 1. The first-order valence-electron chi connectivity index (χ1n) is 8.87. The number of aromatic amines is 1. The van der Waals surface area contributed by atoms with Crippen LogP contribution in [0.5, 0.6) is 5.75 Å². The molecule has 142 valence electrons. The molecular formula is C20H18N4O3S. The van der Waals surface area contributed by atoms with Crippen LogP contribution in [0.2, 0.25) is 0 Å². The van der Waals surface area contributed by atoms with Gasteiger partial charge in [-0.3, -0.25) is 14.7 Å². The van der Waals surface area contributed by atoms with Gasteiger partial charge in [0.2, 0.25) is 5.16 Å². The maximum absolute atomic E-state index is 12.5. The minimum atomic E-state index is -0.230. The zero-order chi connectivity index (χ0) is 19.5. The van der Waals surface area contributed by atoms with Crippen molar-refractivity contribution in [2.75, 3.05) is 17.7 Å². The highest BCUT2D eigenvalue weighted by atomic mass is 32.2. The van der Waals surface area contributed by atoms with E-state index in [9.17, 15) is 9.59 Å². The van der Waals surface area contributed by atoms with Gasteiger partial charge in [0.1, 0.15) is 5.75 Å². The van der Waals surface area contributed by atoms with Crippen molar-refractivity contribution in [2.45, 2.75) is 18.5 Å². The van der Waals surface area contributed by atoms with Crippen LogP contribution in [0.15, 0.2) is 47.6 Å². The number of Topliss-reactive ketones (excluding diaryl/α,β-unsaturated/α-hetero) is 1. The van der Waals surface area contributed by atoms with Gasteiger partial charge in [-0.05, 0) is 30.2 Å². The van der Waals surface area contributed by atoms with Crippen molar-refractivity contribution in [3.8, 4) is 17.1 Å². The molecule has 0 radical (unpaired) electrons. The van der Waals surface area contributed by atoms with Gasteiger partial charge in [0.25, 0.3) is 5.91 Å². The lowest BCUT2D eigenvalue weighted by Crippen LogP contribution is -2.25. The Kier molecular flexibility index (Phi) is 5.12. The number of nitrogens with zero attached hydrogens (tertiary/aromatic N) is 2. The third-order valence-electron chi connectivity index (χ3n) is 4.37. The lowest BCUT2D eigenvalue weighted by atomic mass is 10.1. The Morgan fingerprint density at radius 1 is 1.21 bits per heavy atom. The molecule has 2 aromatic carbocycles. The molecule has 0 spiro atoms. The van der Waals surface area contributed by atoms with E-state index >= 15 is 0 Å². The maximum atomic E-state index is 12.5. The van der Waals surface area contributed by atoms with Crippen LogP contribution in [0.3, 0.4) is 0 Å². The Morgan fingerprint density at radius 3 is 2.82 bits per heavy atom. The van der Waals surface area contributed by atoms with Crippen LogP contribution in [0.25, 0.3) is 11.4 Å². The van der Waals surface area contributed by atoms with Crippen LogP contribution < -0.4 is 10.1 Å². The first-order valence-corrected chi connectivity index (χ1v) is 9.85. The number of rotatable bonds is 6. The fourth-order valence-electron chi connectivity index (χ4n) is 2.81. The second-order valence-electron chi connectivity index (χ2n) is 6.28. The van der Waals surface area contributed by atoms with Crippen molar-refractivity contribution in [1.29, 1.82) is 0 Å². The topological polar surface area (TPSA) is 97.0 Å². The molecule has 1 aromatic heterocycles. The number of ketones is 1. The Balaban J connectivity index is 1.40. The zero-order valence-corrected chi connectivity index (χ0v) is 16.0. The highest BCUT2D eigenvalue weighted by molar-refractivity contribution is 7.99. The summed E-state index contributed by atoms with van der Waals surface area (Å²) in [6.07, 6.45) is 0.985. The molecule has 3 aromatic rings. The summed E-state index contributed by atoms with van der Waals surface area (Å²) in [5.41, 5.74) is 3.23. The summed E-state index contributed by atoms with van der Waals surface area (Å²) in [5.74, 6) is 1.13. The summed E-state index contributed by atoms with van der Waals surface area (Å²) in [5, 5.41) is 10.3. The van der Waals surface area contributed by atoms with Crippen molar-refractivity contribution < 1.29 is 14.3 Å². The van der Waals surface area contributed by atoms with E-state index in [0.717, 1.165) is 12.0 Å². The van der Waals surface area contributed by atoms with Gasteiger partial charge in [-0.15, -0.1) is 5.10 Å². The summed E-state index contributed by atoms with van der Waals surface area (Å²) >= 11 is 1.26. The molecular weight excluding hydrogens is 376 g/mol. The van der Waals surface area contributed by atoms with Gasteiger partial charge in [0.15, 0.2) is 18.2 Å². The molecule has 28 heavy (non-hydrogen) atoms. The Hall–Kier alpha value is -3.13. The molecule has 2 N–H and O–H groups in total. The summed E-state index contributed by atoms with van der Waals surface area (Å²) in [6, 6.07) is 13.1. The molecule has 7 nitrogen and oxygen atoms in total. The highest BCUT2D eigenvalue weighted by Gasteiger charge is 2.18. The monoisotopic (exact) mass is 394 g/mol. The van der Waals surface area contributed by atoms with Crippen LogP contribution in [-0.4, -0.2) is 39.2 Å². The minimum Gasteiger partial charge on any atom is -0.482 e. The number of nitrogens with one attached hydrogen (secondary N) is 2. The molecule has 0 aliphatic carbocycles. The summed E-state index contributed by atoms with van der Waals surface area (Å²) in [7, 11) is 0. The number of hydrogen-bond donors (Lipinski definition) is 2. The number of amides is 1. The standard InChI is InChI=1S/C20H18N4O3S/c1-2-12-3-5-13(6-4-12)19-22-20(24-23-19)28-11-16(25)14-7-8-17-15(9-14)21-18(26)10-27-17/h3-9H,2,10-11H2,1H3,(H,21,26)(H,22,23,24). The fraction of sp³-hybridized carbons (Fsp3) is 0.200. The number of thioether (sulfide) groups is 1. The molecule has 1 aliphatic rings. The number of aryl methyl sites for hydroxylation is 1. The first-order chi connectivity index (χ1) is 13.6. The molecule has 0 saturated carbocycles. The Labute approximate surface area is 165 Å². The van der Waals surface area contributed by atoms with E-state index in [1.807, 2.05) is 12.1 Å². The number of carbonyl (C=O) groups is 2. The molecule has 0 bridgehead atoms. The van der Waals surface area contributed by atoms with Gasteiger partial charge in [-0.25, -0.2) is 4.98 Å². The van der Waals surface area contributed by atoms with E-state index < -0.39 is 0 Å². The van der Waals surface area contributed by atoms with Gasteiger partial charge in [-0.2, -0.15) is 0 Å². The zero-order valence-electron chi connectivity index (χ0n) is 15.2. The normalized spacial score (nSPS) is 12.8. The number of hydrogen-bond acceptors (Lipinski definition) is 6. The fourth-order valence-corrected chi connectivity index (χ4v) is 3.50. The molecule has 1 amide bonds. The third kappa shape index (κ3) is 3.91. The van der Waals surface area contributed by atoms with Crippen molar-refractivity contribution in [1.82, 2.24) is 15.2 Å². The van der Waals surface area contributed by atoms with Crippen LogP contribution in [0.1, 0.15) is 22.8 Å². The molecule has 2 heterocycles. The number of ether oxygens (including phenoxy) is 1. The molecule has 0 atom stereocenters. The molecule has 4 rings (SSSR count). The molecule has 8 heteroatoms. The summed E-state index contributed by atoms with van der Waals surface area (Å²) in [4.78, 5) is 28.4. The van der Waals surface area contributed by atoms with E-state index in [4.69, 9.17) is 4.74 Å². The van der Waals surface area contributed by atoms with Gasteiger partial charge >= 0.3 is 0 Å². The van der Waals surface area contributed by atoms with Crippen LogP contribution >= 0.6 is 11.8 Å². The van der Waals surface area contributed by atoms with E-state index in [0.29, 0.717) is 28.0 Å². The lowest BCUT2D eigenvalue weighted by Gasteiger charge is -2.18. The van der Waals surface area contributed by atoms with E-state index in [1.54, 1.807) is 18.2 Å². The number of benzene rings is 2. The summed E-state index contributed by atoms with van der Waals surface area (Å²) < 4.78 is 5.31. The quantitative estimate of drug-likeness (QED) is 0.492. The molecule has 0 fully saturated rings. The van der Waals surface area contributed by atoms with Crippen molar-refractivity contribution in [3.63, 3.8) is 0 Å². The molecule has 1 aliphatic heterocycles. The van der Waals surface area contributed by atoms with Crippen molar-refractivity contribution in [2.24, 2.45) is 0 Å². The van der Waals surface area contributed by atoms with E-state index in [-0.39, 0.29) is 24.1 Å². The number of anilines is 1. The van der Waals surface area contributed by atoms with Crippen LogP contribution in [-0.2, 0) is 11.2 Å². The predicted octanol–water partition coefficient (Wildman–Crippen LogP) is 3.34. The van der Waals surface area contributed by atoms with E-state index in [2.05, 4.69) is 39.6 Å². The minimum absolute atomic E-state index is 0.00945. The van der Waals surface area contributed by atoms with Crippen LogP contribution in [0, 0.1) is 0 Å². The molecule has 0 saturated heterocycles. The smallest absolute Gasteiger partial charge is 0.262 e. The largest absolute Gasteiger partial charge is 0.482 e. The van der Waals surface area contributed by atoms with Gasteiger partial charge in [0.05, 0.1) is 11.4 Å². The van der Waals surface area contributed by atoms with Gasteiger partial charge < -0.3 is 10.1 Å². The molecule has 0 unspecified atom stereocenters. The van der Waals surface area contributed by atoms with Crippen molar-refractivity contribution >= 4 is 29.1 Å². The van der Waals surface area contributed by atoms with Crippen molar-refractivity contribution in [3.05, 3.63) is 53.6 Å². The average molecular weight is 394 g/mol. The SMILES string of the molecule is CCc1ccc(-c2nc(SCC(=O)c3ccc4c(c3)NC(=O)CO4)n[nH]2)cc1. The third-order valence-corrected chi connectivity index (χ3v) is 5.21. The van der Waals surface area contributed by atoms with Gasteiger partial charge in [0, 0.05) is 11.1 Å².